The number of ether oxygens (including phenoxy) is 1. The molecular weight excluding hydrogens is 394 g/mol. The predicted molar refractivity (Wildman–Crippen MR) is 88.9 cm³/mol. The Balaban J connectivity index is 1.84. The smallest absolute Gasteiger partial charge is 0.405 e. The van der Waals surface area contributed by atoms with Gasteiger partial charge in [0.1, 0.15) is 5.15 Å². The van der Waals surface area contributed by atoms with Crippen molar-refractivity contribution in [2.45, 2.75) is 6.18 Å². The number of aromatic nitrogens is 4. The lowest BCUT2D eigenvalue weighted by molar-refractivity contribution is -0.137. The fourth-order valence-electron chi connectivity index (χ4n) is 1.88. The zero-order chi connectivity index (χ0) is 18.7. The molecule has 3 rings (SSSR count). The van der Waals surface area contributed by atoms with Gasteiger partial charge in [0.05, 0.1) is 5.56 Å². The van der Waals surface area contributed by atoms with Crippen molar-refractivity contribution in [3.05, 3.63) is 58.5 Å². The number of hydrogen-bond acceptors (Lipinski definition) is 6. The van der Waals surface area contributed by atoms with Gasteiger partial charge in [-0.05, 0) is 35.9 Å². The maximum Gasteiger partial charge on any atom is 0.416 e. The van der Waals surface area contributed by atoms with E-state index in [0.29, 0.717) is 0 Å². The molecule has 2 heterocycles. The lowest BCUT2D eigenvalue weighted by Gasteiger charge is -2.10. The molecule has 0 atom stereocenters. The van der Waals surface area contributed by atoms with Crippen molar-refractivity contribution in [1.82, 2.24) is 19.9 Å². The summed E-state index contributed by atoms with van der Waals surface area (Å²) >= 11 is 11.6. The molecule has 0 radical (unpaired) electrons. The minimum absolute atomic E-state index is 0.0960. The number of rotatable bonds is 4. The first-order chi connectivity index (χ1) is 12.3. The van der Waals surface area contributed by atoms with E-state index in [1.165, 1.54) is 18.2 Å². The van der Waals surface area contributed by atoms with E-state index in [2.05, 4.69) is 25.3 Å². The monoisotopic (exact) mass is 401 g/mol. The van der Waals surface area contributed by atoms with Crippen LogP contribution >= 0.6 is 23.2 Å². The Kier molecular flexibility index (Phi) is 5.10. The van der Waals surface area contributed by atoms with Crippen LogP contribution in [0.15, 0.2) is 42.5 Å². The van der Waals surface area contributed by atoms with Crippen molar-refractivity contribution in [1.29, 1.82) is 0 Å². The Bertz CT molecular complexity index is 939. The van der Waals surface area contributed by atoms with Crippen LogP contribution in [0.2, 0.25) is 10.4 Å². The SMILES string of the molecule is FC(F)(F)c1cccc(Nc2nc(Cl)nc(Oc3cccc(Cl)n3)n2)c1. The quantitative estimate of drug-likeness (QED) is 0.611. The maximum absolute atomic E-state index is 12.8. The Labute approximate surface area is 155 Å². The average Bonchev–Trinajstić information content (AvgIpc) is 2.53. The summed E-state index contributed by atoms with van der Waals surface area (Å²) in [4.78, 5) is 15.4. The largest absolute Gasteiger partial charge is 0.416 e. The number of benzene rings is 1. The van der Waals surface area contributed by atoms with Crippen molar-refractivity contribution in [2.24, 2.45) is 0 Å². The third kappa shape index (κ3) is 4.70. The van der Waals surface area contributed by atoms with E-state index in [1.54, 1.807) is 12.1 Å². The third-order valence-corrected chi connectivity index (χ3v) is 3.30. The molecule has 11 heteroatoms. The summed E-state index contributed by atoms with van der Waals surface area (Å²) < 4.78 is 43.7. The first kappa shape index (κ1) is 18.2. The van der Waals surface area contributed by atoms with E-state index in [4.69, 9.17) is 27.9 Å². The van der Waals surface area contributed by atoms with Gasteiger partial charge in [0.25, 0.3) is 0 Å². The van der Waals surface area contributed by atoms with Gasteiger partial charge in [0, 0.05) is 11.8 Å². The number of halogens is 5. The molecule has 134 valence electrons. The van der Waals surface area contributed by atoms with Crippen LogP contribution in [0.3, 0.4) is 0 Å². The molecule has 0 saturated carbocycles. The molecule has 0 unspecified atom stereocenters. The summed E-state index contributed by atoms with van der Waals surface area (Å²) in [6, 6.07) is 9.01. The average molecular weight is 402 g/mol. The topological polar surface area (TPSA) is 72.8 Å². The number of pyridine rings is 1. The highest BCUT2D eigenvalue weighted by molar-refractivity contribution is 6.29. The molecular formula is C15H8Cl2F3N5O. The lowest BCUT2D eigenvalue weighted by atomic mass is 10.2. The molecule has 0 fully saturated rings. The van der Waals surface area contributed by atoms with Crippen LogP contribution in [0.1, 0.15) is 5.56 Å². The summed E-state index contributed by atoms with van der Waals surface area (Å²) in [5.41, 5.74) is -0.698. The number of nitrogens with one attached hydrogen (secondary N) is 1. The highest BCUT2D eigenvalue weighted by Crippen LogP contribution is 2.31. The van der Waals surface area contributed by atoms with Gasteiger partial charge in [-0.1, -0.05) is 23.7 Å². The molecule has 1 N–H and O–H groups in total. The van der Waals surface area contributed by atoms with Crippen LogP contribution in [0.5, 0.6) is 11.9 Å². The number of hydrogen-bond donors (Lipinski definition) is 1. The Morgan fingerprint density at radius 2 is 1.69 bits per heavy atom. The van der Waals surface area contributed by atoms with Gasteiger partial charge >= 0.3 is 12.2 Å². The van der Waals surface area contributed by atoms with Gasteiger partial charge in [-0.3, -0.25) is 0 Å². The van der Waals surface area contributed by atoms with Crippen LogP contribution in [-0.4, -0.2) is 19.9 Å². The Morgan fingerprint density at radius 3 is 2.42 bits per heavy atom. The van der Waals surface area contributed by atoms with E-state index in [-0.39, 0.29) is 34.0 Å². The molecule has 6 nitrogen and oxygen atoms in total. The zero-order valence-electron chi connectivity index (χ0n) is 12.6. The summed E-state index contributed by atoms with van der Waals surface area (Å²) in [7, 11) is 0. The van der Waals surface area contributed by atoms with Crippen LogP contribution in [0.4, 0.5) is 24.8 Å². The molecule has 0 bridgehead atoms. The van der Waals surface area contributed by atoms with Crippen molar-refractivity contribution in [3.8, 4) is 11.9 Å². The van der Waals surface area contributed by atoms with Crippen molar-refractivity contribution in [2.75, 3.05) is 5.32 Å². The minimum Gasteiger partial charge on any atom is -0.405 e. The molecule has 26 heavy (non-hydrogen) atoms. The molecule has 0 aliphatic rings. The number of anilines is 2. The van der Waals surface area contributed by atoms with E-state index in [1.807, 2.05) is 0 Å². The number of alkyl halides is 3. The summed E-state index contributed by atoms with van der Waals surface area (Å²) in [5, 5.41) is 2.60. The van der Waals surface area contributed by atoms with E-state index < -0.39 is 11.7 Å². The van der Waals surface area contributed by atoms with Gasteiger partial charge < -0.3 is 10.1 Å². The number of nitrogens with zero attached hydrogens (tertiary/aromatic N) is 4. The molecule has 0 aliphatic carbocycles. The van der Waals surface area contributed by atoms with E-state index >= 15 is 0 Å². The molecule has 2 aromatic heterocycles. The second-order valence-corrected chi connectivity index (χ2v) is 5.54. The highest BCUT2D eigenvalue weighted by atomic mass is 35.5. The normalized spacial score (nSPS) is 11.3. The van der Waals surface area contributed by atoms with Crippen LogP contribution < -0.4 is 10.1 Å². The highest BCUT2D eigenvalue weighted by Gasteiger charge is 2.30. The van der Waals surface area contributed by atoms with Crippen molar-refractivity contribution in [3.63, 3.8) is 0 Å². The van der Waals surface area contributed by atoms with Gasteiger partial charge in [0.2, 0.25) is 17.1 Å². The van der Waals surface area contributed by atoms with E-state index in [0.717, 1.165) is 12.1 Å². The summed E-state index contributed by atoms with van der Waals surface area (Å²) in [5.74, 6) is 0.0196. The van der Waals surface area contributed by atoms with Crippen molar-refractivity contribution < 1.29 is 17.9 Å². The predicted octanol–water partition coefficient (Wildman–Crippen LogP) is 5.13. The molecule has 0 aliphatic heterocycles. The minimum atomic E-state index is -4.47. The van der Waals surface area contributed by atoms with Crippen molar-refractivity contribution >= 4 is 34.8 Å². The van der Waals surface area contributed by atoms with E-state index in [9.17, 15) is 13.2 Å². The fraction of sp³-hybridized carbons (Fsp3) is 0.0667. The molecule has 0 spiro atoms. The molecule has 0 saturated heterocycles. The summed E-state index contributed by atoms with van der Waals surface area (Å²) in [6.45, 7) is 0. The Hall–Kier alpha value is -2.65. The van der Waals surface area contributed by atoms with Crippen LogP contribution in [0, 0.1) is 0 Å². The van der Waals surface area contributed by atoms with Crippen LogP contribution in [0.25, 0.3) is 0 Å². The molecule has 1 aromatic carbocycles. The first-order valence-corrected chi connectivity index (χ1v) is 7.71. The fourth-order valence-corrected chi connectivity index (χ4v) is 2.18. The first-order valence-electron chi connectivity index (χ1n) is 6.96. The lowest BCUT2D eigenvalue weighted by Crippen LogP contribution is -2.06. The van der Waals surface area contributed by atoms with Gasteiger partial charge in [-0.15, -0.1) is 0 Å². The standard InChI is InChI=1S/C15H8Cl2F3N5O/c16-10-5-2-6-11(22-10)26-14-24-12(17)23-13(25-14)21-9-4-1-3-8(7-9)15(18,19)20/h1-7H,(H,21,23,24,25). The summed E-state index contributed by atoms with van der Waals surface area (Å²) in [6.07, 6.45) is -4.47. The second-order valence-electron chi connectivity index (χ2n) is 4.81. The maximum atomic E-state index is 12.8. The Morgan fingerprint density at radius 1 is 0.923 bits per heavy atom. The van der Waals surface area contributed by atoms with Gasteiger partial charge in [-0.25, -0.2) is 4.98 Å². The third-order valence-electron chi connectivity index (χ3n) is 2.92. The zero-order valence-corrected chi connectivity index (χ0v) is 14.1. The van der Waals surface area contributed by atoms with Gasteiger partial charge in [-0.2, -0.15) is 28.1 Å². The van der Waals surface area contributed by atoms with Crippen LogP contribution in [-0.2, 0) is 6.18 Å². The second kappa shape index (κ2) is 7.30. The molecule has 3 aromatic rings. The molecule has 0 amide bonds. The van der Waals surface area contributed by atoms with Gasteiger partial charge in [0.15, 0.2) is 0 Å².